The quantitative estimate of drug-likeness (QED) is 0.567. The van der Waals surface area contributed by atoms with Crippen molar-refractivity contribution in [2.45, 2.75) is 37.8 Å². The summed E-state index contributed by atoms with van der Waals surface area (Å²) in [6, 6.07) is 14.7. The molecule has 166 valence electrons. The molecule has 5 rings (SSSR count). The lowest BCUT2D eigenvalue weighted by Crippen LogP contribution is -2.42. The van der Waals surface area contributed by atoms with Crippen molar-refractivity contribution in [1.29, 1.82) is 0 Å². The predicted molar refractivity (Wildman–Crippen MR) is 126 cm³/mol. The number of aromatic nitrogens is 2. The summed E-state index contributed by atoms with van der Waals surface area (Å²) in [6.07, 6.45) is 3.45. The monoisotopic (exact) mass is 470 g/mol. The minimum absolute atomic E-state index is 0.0145. The Balaban J connectivity index is 1.62. The van der Waals surface area contributed by atoms with Crippen LogP contribution in [0, 0.1) is 0 Å². The van der Waals surface area contributed by atoms with Gasteiger partial charge in [-0.15, -0.1) is 0 Å². The van der Waals surface area contributed by atoms with Gasteiger partial charge in [-0.2, -0.15) is 5.10 Å². The summed E-state index contributed by atoms with van der Waals surface area (Å²) in [6.45, 7) is 1.43. The van der Waals surface area contributed by atoms with Crippen LogP contribution in [0.2, 0.25) is 10.0 Å². The molecule has 1 fully saturated rings. The third-order valence-electron chi connectivity index (χ3n) is 5.97. The van der Waals surface area contributed by atoms with Crippen molar-refractivity contribution in [3.8, 4) is 22.7 Å². The molecule has 0 radical (unpaired) electrons. The van der Waals surface area contributed by atoms with Crippen LogP contribution in [0.3, 0.4) is 0 Å². The van der Waals surface area contributed by atoms with Gasteiger partial charge in [0, 0.05) is 10.6 Å². The van der Waals surface area contributed by atoms with Gasteiger partial charge in [0.2, 0.25) is 5.91 Å². The van der Waals surface area contributed by atoms with Crippen molar-refractivity contribution in [1.82, 2.24) is 20.4 Å². The highest BCUT2D eigenvalue weighted by Gasteiger charge is 2.32. The molecule has 3 aromatic rings. The molecular weight excluding hydrogens is 447 g/mol. The topological polar surface area (TPSA) is 68.2 Å². The van der Waals surface area contributed by atoms with Crippen LogP contribution in [-0.2, 0) is 4.79 Å². The molecule has 8 heteroatoms. The van der Waals surface area contributed by atoms with Crippen molar-refractivity contribution in [2.24, 2.45) is 0 Å². The maximum absolute atomic E-state index is 12.9. The molecule has 32 heavy (non-hydrogen) atoms. The SMILES string of the molecule is O=C(NC1CCCOc2c1nn(-c1ccccc1Cl)c2-c1ccc(Cl)cc1)C1CCCN1. The number of halogens is 2. The number of nitrogens with zero attached hydrogens (tertiary/aromatic N) is 2. The fourth-order valence-corrected chi connectivity index (χ4v) is 4.71. The third-order valence-corrected chi connectivity index (χ3v) is 6.54. The number of rotatable bonds is 4. The Bertz CT molecular complexity index is 1120. The number of hydrogen-bond acceptors (Lipinski definition) is 4. The molecule has 2 unspecified atom stereocenters. The molecule has 0 saturated carbocycles. The second-order valence-corrected chi connectivity index (χ2v) is 8.98. The van der Waals surface area contributed by atoms with E-state index >= 15 is 0 Å². The van der Waals surface area contributed by atoms with Crippen LogP contribution in [0.1, 0.15) is 37.4 Å². The Morgan fingerprint density at radius 2 is 1.91 bits per heavy atom. The molecule has 0 spiro atoms. The molecule has 2 atom stereocenters. The third kappa shape index (κ3) is 4.10. The van der Waals surface area contributed by atoms with Gasteiger partial charge >= 0.3 is 0 Å². The Kier molecular flexibility index (Phi) is 6.09. The van der Waals surface area contributed by atoms with Crippen LogP contribution in [0.5, 0.6) is 5.75 Å². The standard InChI is InChI=1S/C24H24Cl2N4O2/c25-16-11-9-15(10-12-16)22-23-21(29-30(22)20-8-2-1-5-17(20)26)18(7-4-14-32-23)28-24(31)19-6-3-13-27-19/h1-2,5,8-12,18-19,27H,3-4,6-7,13-14H2,(H,28,31). The minimum atomic E-state index is -0.239. The first-order valence-corrected chi connectivity index (χ1v) is 11.7. The Morgan fingerprint density at radius 3 is 2.66 bits per heavy atom. The van der Waals surface area contributed by atoms with Gasteiger partial charge < -0.3 is 15.4 Å². The van der Waals surface area contributed by atoms with E-state index < -0.39 is 0 Å². The van der Waals surface area contributed by atoms with E-state index in [2.05, 4.69) is 10.6 Å². The normalized spacial score (nSPS) is 20.3. The first-order valence-electron chi connectivity index (χ1n) is 10.9. The van der Waals surface area contributed by atoms with Crippen LogP contribution in [0.25, 0.3) is 16.9 Å². The Hall–Kier alpha value is -2.54. The summed E-state index contributed by atoms with van der Waals surface area (Å²) in [4.78, 5) is 12.9. The van der Waals surface area contributed by atoms with E-state index in [0.717, 1.165) is 54.9 Å². The zero-order chi connectivity index (χ0) is 22.1. The van der Waals surface area contributed by atoms with Crippen LogP contribution < -0.4 is 15.4 Å². The zero-order valence-electron chi connectivity index (χ0n) is 17.5. The number of hydrogen-bond donors (Lipinski definition) is 2. The van der Waals surface area contributed by atoms with Crippen LogP contribution in [0.4, 0.5) is 0 Å². The Morgan fingerprint density at radius 1 is 1.09 bits per heavy atom. The molecule has 1 saturated heterocycles. The zero-order valence-corrected chi connectivity index (χ0v) is 19.0. The number of carbonyl (C=O) groups is 1. The molecule has 0 bridgehead atoms. The van der Waals surface area contributed by atoms with Crippen molar-refractivity contribution >= 4 is 29.1 Å². The molecular formula is C24H24Cl2N4O2. The van der Waals surface area contributed by atoms with Crippen LogP contribution >= 0.6 is 23.2 Å². The molecule has 2 aromatic carbocycles. The van der Waals surface area contributed by atoms with Crippen molar-refractivity contribution < 1.29 is 9.53 Å². The first kappa shape index (κ1) is 21.3. The molecule has 3 heterocycles. The van der Waals surface area contributed by atoms with Gasteiger partial charge in [-0.25, -0.2) is 4.68 Å². The summed E-state index contributed by atoms with van der Waals surface area (Å²) in [5, 5.41) is 12.7. The van der Waals surface area contributed by atoms with Gasteiger partial charge in [0.15, 0.2) is 5.75 Å². The molecule has 0 aliphatic carbocycles. The summed E-state index contributed by atoms with van der Waals surface area (Å²) in [5.74, 6) is 0.690. The van der Waals surface area contributed by atoms with E-state index in [0.29, 0.717) is 22.4 Å². The Labute approximate surface area is 196 Å². The maximum Gasteiger partial charge on any atom is 0.237 e. The van der Waals surface area contributed by atoms with Crippen molar-refractivity contribution in [3.63, 3.8) is 0 Å². The van der Waals surface area contributed by atoms with Gasteiger partial charge in [-0.1, -0.05) is 47.5 Å². The largest absolute Gasteiger partial charge is 0.489 e. The van der Waals surface area contributed by atoms with Gasteiger partial charge in [0.25, 0.3) is 0 Å². The average Bonchev–Trinajstić information content (AvgIpc) is 3.42. The molecule has 2 aliphatic rings. The molecule has 1 amide bonds. The van der Waals surface area contributed by atoms with Crippen LogP contribution in [0.15, 0.2) is 48.5 Å². The summed E-state index contributed by atoms with van der Waals surface area (Å²) in [7, 11) is 0. The lowest BCUT2D eigenvalue weighted by Gasteiger charge is -2.18. The highest BCUT2D eigenvalue weighted by molar-refractivity contribution is 6.32. The van der Waals surface area contributed by atoms with E-state index in [-0.39, 0.29) is 18.0 Å². The lowest BCUT2D eigenvalue weighted by molar-refractivity contribution is -0.123. The average molecular weight is 471 g/mol. The smallest absolute Gasteiger partial charge is 0.237 e. The van der Waals surface area contributed by atoms with Crippen LogP contribution in [-0.4, -0.2) is 34.9 Å². The fourth-order valence-electron chi connectivity index (χ4n) is 4.37. The second-order valence-electron chi connectivity index (χ2n) is 8.13. The lowest BCUT2D eigenvalue weighted by atomic mass is 10.0. The number of fused-ring (bicyclic) bond motifs is 1. The van der Waals surface area contributed by atoms with E-state index in [1.807, 2.05) is 53.2 Å². The predicted octanol–water partition coefficient (Wildman–Crippen LogP) is 4.93. The second kappa shape index (κ2) is 9.14. The maximum atomic E-state index is 12.9. The first-order chi connectivity index (χ1) is 15.6. The van der Waals surface area contributed by atoms with Gasteiger partial charge in [-0.05, 0) is 56.5 Å². The molecule has 2 aliphatic heterocycles. The van der Waals surface area contributed by atoms with Gasteiger partial charge in [0.05, 0.1) is 29.4 Å². The molecule has 2 N–H and O–H groups in total. The van der Waals surface area contributed by atoms with E-state index in [1.54, 1.807) is 0 Å². The molecule has 1 aromatic heterocycles. The van der Waals surface area contributed by atoms with E-state index in [1.165, 1.54) is 0 Å². The number of para-hydroxylation sites is 1. The number of benzene rings is 2. The number of amides is 1. The highest BCUT2D eigenvalue weighted by atomic mass is 35.5. The van der Waals surface area contributed by atoms with E-state index in [9.17, 15) is 4.79 Å². The summed E-state index contributed by atoms with van der Waals surface area (Å²) in [5.41, 5.74) is 3.18. The fraction of sp³-hybridized carbons (Fsp3) is 0.333. The van der Waals surface area contributed by atoms with Gasteiger partial charge in [0.1, 0.15) is 11.4 Å². The minimum Gasteiger partial charge on any atom is -0.489 e. The number of ether oxygens (including phenoxy) is 1. The highest BCUT2D eigenvalue weighted by Crippen LogP contribution is 2.42. The summed E-state index contributed by atoms with van der Waals surface area (Å²) < 4.78 is 8.03. The number of nitrogens with one attached hydrogen (secondary N) is 2. The van der Waals surface area contributed by atoms with Crippen molar-refractivity contribution in [2.75, 3.05) is 13.2 Å². The van der Waals surface area contributed by atoms with Crippen molar-refractivity contribution in [3.05, 3.63) is 64.3 Å². The summed E-state index contributed by atoms with van der Waals surface area (Å²) >= 11 is 12.7. The van der Waals surface area contributed by atoms with Gasteiger partial charge in [-0.3, -0.25) is 4.79 Å². The number of carbonyl (C=O) groups excluding carboxylic acids is 1. The van der Waals surface area contributed by atoms with E-state index in [4.69, 9.17) is 33.0 Å². The molecule has 6 nitrogen and oxygen atoms in total.